The molecule has 2 saturated heterocycles. The molecule has 39 heavy (non-hydrogen) atoms. The third-order valence-corrected chi connectivity index (χ3v) is 9.03. The van der Waals surface area contributed by atoms with Gasteiger partial charge in [-0.1, -0.05) is 12.1 Å². The van der Waals surface area contributed by atoms with Gasteiger partial charge >= 0.3 is 6.03 Å². The van der Waals surface area contributed by atoms with Crippen LogP contribution in [0.15, 0.2) is 54.6 Å². The van der Waals surface area contributed by atoms with Gasteiger partial charge in [0.2, 0.25) is 0 Å². The monoisotopic (exact) mass is 567 g/mol. The third-order valence-electron chi connectivity index (χ3n) is 6.67. The van der Waals surface area contributed by atoms with Gasteiger partial charge in [0.05, 0.1) is 22.5 Å². The lowest BCUT2D eigenvalue weighted by Crippen LogP contribution is -2.33. The third kappa shape index (κ3) is 5.92. The highest BCUT2D eigenvalue weighted by molar-refractivity contribution is 7.99. The van der Waals surface area contributed by atoms with Crippen molar-refractivity contribution in [1.82, 2.24) is 15.6 Å². The van der Waals surface area contributed by atoms with E-state index >= 15 is 0 Å². The van der Waals surface area contributed by atoms with E-state index in [1.54, 1.807) is 23.5 Å². The van der Waals surface area contributed by atoms with Crippen LogP contribution in [0.2, 0.25) is 0 Å². The lowest BCUT2D eigenvalue weighted by Gasteiger charge is -2.23. The average Bonchev–Trinajstić information content (AvgIpc) is 3.40. The smallest absolute Gasteiger partial charge is 0.323 e. The Kier molecular flexibility index (Phi) is 7.76. The predicted octanol–water partition coefficient (Wildman–Crippen LogP) is 5.92. The Bertz CT molecular complexity index is 1490. The van der Waals surface area contributed by atoms with E-state index in [0.29, 0.717) is 17.5 Å². The van der Waals surface area contributed by atoms with Crippen LogP contribution in [0, 0.1) is 11.6 Å². The molecule has 0 radical (unpaired) electrons. The van der Waals surface area contributed by atoms with Gasteiger partial charge in [0.15, 0.2) is 0 Å². The number of thioether (sulfide) groups is 1. The first-order chi connectivity index (χ1) is 19.0. The van der Waals surface area contributed by atoms with Crippen molar-refractivity contribution in [2.75, 3.05) is 49.2 Å². The number of benzene rings is 3. The molecule has 4 N–H and O–H groups in total. The maximum absolute atomic E-state index is 13.9. The Labute approximate surface area is 232 Å². The molecule has 0 bridgehead atoms. The Morgan fingerprint density at radius 1 is 0.974 bits per heavy atom. The standard InChI is InChI=1S/C28H27F2N5O2S2/c29-18-3-6-22(21(30)13-18)34-28(36)33-19-4-1-16(2-5-19)17-11-20(25-15-32-8-10-38-25)26-24(12-17)39-27(35-26)23-14-31-7-9-37-23/h1-6,11-13,23,25,31-32H,7-10,14-15H2,(H2,33,34,36). The fourth-order valence-electron chi connectivity index (χ4n) is 4.73. The van der Waals surface area contributed by atoms with E-state index in [1.807, 2.05) is 23.9 Å². The maximum atomic E-state index is 13.9. The van der Waals surface area contributed by atoms with Gasteiger partial charge in [0, 0.05) is 48.9 Å². The first kappa shape index (κ1) is 26.1. The van der Waals surface area contributed by atoms with Gasteiger partial charge in [-0.15, -0.1) is 11.3 Å². The van der Waals surface area contributed by atoms with Gasteiger partial charge in [0.1, 0.15) is 22.7 Å². The Morgan fingerprint density at radius 3 is 2.56 bits per heavy atom. The van der Waals surface area contributed by atoms with E-state index in [-0.39, 0.29) is 11.8 Å². The van der Waals surface area contributed by atoms with Crippen LogP contribution in [0.3, 0.4) is 0 Å². The van der Waals surface area contributed by atoms with Gasteiger partial charge in [-0.3, -0.25) is 0 Å². The summed E-state index contributed by atoms with van der Waals surface area (Å²) in [6, 6.07) is 14.3. The summed E-state index contributed by atoms with van der Waals surface area (Å²) in [6.07, 6.45) is -0.0375. The molecule has 2 aliphatic rings. The molecule has 7 nitrogen and oxygen atoms in total. The first-order valence-electron chi connectivity index (χ1n) is 12.8. The van der Waals surface area contributed by atoms with Gasteiger partial charge < -0.3 is 26.0 Å². The Balaban J connectivity index is 1.25. The number of rotatable bonds is 5. The lowest BCUT2D eigenvalue weighted by molar-refractivity contribution is 0.0277. The number of fused-ring (bicyclic) bond motifs is 1. The van der Waals surface area contributed by atoms with E-state index < -0.39 is 17.7 Å². The quantitative estimate of drug-likeness (QED) is 0.239. The number of carbonyl (C=O) groups is 1. The summed E-state index contributed by atoms with van der Waals surface area (Å²) >= 11 is 3.63. The molecular weight excluding hydrogens is 540 g/mol. The number of carbonyl (C=O) groups excluding carboxylic acids is 1. The summed E-state index contributed by atoms with van der Waals surface area (Å²) in [5.41, 5.74) is 4.79. The largest absolute Gasteiger partial charge is 0.368 e. The van der Waals surface area contributed by atoms with Crippen molar-refractivity contribution in [1.29, 1.82) is 0 Å². The van der Waals surface area contributed by atoms with Crippen molar-refractivity contribution in [2.24, 2.45) is 0 Å². The van der Waals surface area contributed by atoms with E-state index in [0.717, 1.165) is 70.4 Å². The number of anilines is 2. The molecule has 2 amide bonds. The van der Waals surface area contributed by atoms with Crippen molar-refractivity contribution in [3.8, 4) is 11.1 Å². The minimum absolute atomic E-state index is 0.0375. The molecule has 202 valence electrons. The molecule has 2 atom stereocenters. The predicted molar refractivity (Wildman–Crippen MR) is 154 cm³/mol. The lowest BCUT2D eigenvalue weighted by atomic mass is 10.00. The molecule has 3 aromatic carbocycles. The highest BCUT2D eigenvalue weighted by atomic mass is 32.2. The zero-order chi connectivity index (χ0) is 26.8. The number of urea groups is 1. The number of nitrogens with one attached hydrogen (secondary N) is 4. The number of hydrogen-bond acceptors (Lipinski definition) is 7. The molecule has 0 spiro atoms. The normalized spacial score (nSPS) is 19.6. The van der Waals surface area contributed by atoms with Gasteiger partial charge in [-0.25, -0.2) is 18.6 Å². The molecule has 11 heteroatoms. The molecule has 2 unspecified atom stereocenters. The second kappa shape index (κ2) is 11.6. The Hall–Kier alpha value is -3.09. The molecule has 6 rings (SSSR count). The van der Waals surface area contributed by atoms with Crippen molar-refractivity contribution >= 4 is 50.7 Å². The number of morpholine rings is 1. The van der Waals surface area contributed by atoms with Crippen molar-refractivity contribution in [2.45, 2.75) is 11.4 Å². The average molecular weight is 568 g/mol. The second-order valence-electron chi connectivity index (χ2n) is 9.37. The maximum Gasteiger partial charge on any atom is 0.323 e. The fourth-order valence-corrected chi connectivity index (χ4v) is 6.97. The van der Waals surface area contributed by atoms with Crippen molar-refractivity contribution in [3.05, 3.63) is 76.8 Å². The van der Waals surface area contributed by atoms with Crippen LogP contribution in [0.4, 0.5) is 25.0 Å². The van der Waals surface area contributed by atoms with E-state index in [4.69, 9.17) is 9.72 Å². The van der Waals surface area contributed by atoms with E-state index in [1.165, 1.54) is 11.6 Å². The highest BCUT2D eigenvalue weighted by Gasteiger charge is 2.25. The van der Waals surface area contributed by atoms with Crippen LogP contribution in [0.1, 0.15) is 21.9 Å². The number of amides is 2. The number of halogens is 2. The zero-order valence-electron chi connectivity index (χ0n) is 20.9. The topological polar surface area (TPSA) is 87.3 Å². The van der Waals surface area contributed by atoms with Crippen molar-refractivity contribution in [3.63, 3.8) is 0 Å². The summed E-state index contributed by atoms with van der Waals surface area (Å²) in [5.74, 6) is -0.494. The zero-order valence-corrected chi connectivity index (χ0v) is 22.6. The summed E-state index contributed by atoms with van der Waals surface area (Å²) in [5, 5.41) is 13.3. The highest BCUT2D eigenvalue weighted by Crippen LogP contribution is 2.41. The number of thiazole rings is 1. The minimum atomic E-state index is -0.837. The van der Waals surface area contributed by atoms with Crippen LogP contribution in [0.25, 0.3) is 21.3 Å². The number of nitrogens with zero attached hydrogens (tertiary/aromatic N) is 1. The van der Waals surface area contributed by atoms with Crippen LogP contribution < -0.4 is 21.3 Å². The van der Waals surface area contributed by atoms with Crippen LogP contribution >= 0.6 is 23.1 Å². The Morgan fingerprint density at radius 2 is 1.82 bits per heavy atom. The van der Waals surface area contributed by atoms with Crippen molar-refractivity contribution < 1.29 is 18.3 Å². The summed E-state index contributed by atoms with van der Waals surface area (Å²) in [4.78, 5) is 17.4. The van der Waals surface area contributed by atoms with Gasteiger partial charge in [-0.2, -0.15) is 11.8 Å². The molecule has 0 saturated carbocycles. The van der Waals surface area contributed by atoms with Crippen LogP contribution in [0.5, 0.6) is 0 Å². The molecule has 2 fully saturated rings. The molecule has 0 aliphatic carbocycles. The summed E-state index contributed by atoms with van der Waals surface area (Å²) in [7, 11) is 0. The molecule has 4 aromatic rings. The number of hydrogen-bond donors (Lipinski definition) is 4. The fraction of sp³-hybridized carbons (Fsp3) is 0.286. The summed E-state index contributed by atoms with van der Waals surface area (Å²) in [6.45, 7) is 4.20. The molecule has 2 aliphatic heterocycles. The molecule has 1 aromatic heterocycles. The second-order valence-corrected chi connectivity index (χ2v) is 11.7. The van der Waals surface area contributed by atoms with Crippen LogP contribution in [-0.2, 0) is 4.74 Å². The number of aromatic nitrogens is 1. The van der Waals surface area contributed by atoms with E-state index in [9.17, 15) is 13.6 Å². The molecular formula is C28H27F2N5O2S2. The van der Waals surface area contributed by atoms with Gasteiger partial charge in [-0.05, 0) is 53.1 Å². The molecule has 3 heterocycles. The first-order valence-corrected chi connectivity index (χ1v) is 14.6. The van der Waals surface area contributed by atoms with Crippen LogP contribution in [-0.4, -0.2) is 49.6 Å². The van der Waals surface area contributed by atoms with E-state index in [2.05, 4.69) is 33.4 Å². The number of ether oxygens (including phenoxy) is 1. The SMILES string of the molecule is O=C(Nc1ccc(-c2cc(C3CNCCS3)c3nc(C4CNCCO4)sc3c2)cc1)Nc1ccc(F)cc1F. The summed E-state index contributed by atoms with van der Waals surface area (Å²) < 4.78 is 34.1. The van der Waals surface area contributed by atoms with Gasteiger partial charge in [0.25, 0.3) is 0 Å². The minimum Gasteiger partial charge on any atom is -0.368 e.